The first-order chi connectivity index (χ1) is 8.19. The van der Waals surface area contributed by atoms with E-state index in [2.05, 4.69) is 32.2 Å². The molecule has 96 valence electrons. The van der Waals surface area contributed by atoms with Gasteiger partial charge in [-0.15, -0.1) is 0 Å². The molecule has 0 amide bonds. The summed E-state index contributed by atoms with van der Waals surface area (Å²) in [6.45, 7) is 5.07. The molecule has 0 aliphatic carbocycles. The molecule has 0 aromatic heterocycles. The SMILES string of the molecule is CCCOc1ccc(C(N)C(C)CSC)cc1. The van der Waals surface area contributed by atoms with Gasteiger partial charge in [-0.1, -0.05) is 26.0 Å². The van der Waals surface area contributed by atoms with Crippen molar-refractivity contribution in [2.24, 2.45) is 11.7 Å². The predicted molar refractivity (Wildman–Crippen MR) is 76.7 cm³/mol. The van der Waals surface area contributed by atoms with Crippen LogP contribution in [0.15, 0.2) is 24.3 Å². The number of nitrogens with two attached hydrogens (primary N) is 1. The molecule has 1 aromatic rings. The molecule has 1 rings (SSSR count). The van der Waals surface area contributed by atoms with Crippen LogP contribution < -0.4 is 10.5 Å². The fourth-order valence-electron chi connectivity index (χ4n) is 1.70. The average Bonchev–Trinajstić information content (AvgIpc) is 2.36. The van der Waals surface area contributed by atoms with Crippen molar-refractivity contribution in [1.29, 1.82) is 0 Å². The fraction of sp³-hybridized carbons (Fsp3) is 0.571. The Morgan fingerprint density at radius 2 is 1.94 bits per heavy atom. The van der Waals surface area contributed by atoms with Gasteiger partial charge in [-0.25, -0.2) is 0 Å². The Morgan fingerprint density at radius 1 is 1.29 bits per heavy atom. The van der Waals surface area contributed by atoms with E-state index in [0.29, 0.717) is 5.92 Å². The van der Waals surface area contributed by atoms with Crippen molar-refractivity contribution in [3.63, 3.8) is 0 Å². The van der Waals surface area contributed by atoms with Gasteiger partial charge in [0.1, 0.15) is 5.75 Å². The molecule has 0 spiro atoms. The molecule has 0 aliphatic heterocycles. The van der Waals surface area contributed by atoms with E-state index in [1.807, 2.05) is 23.9 Å². The van der Waals surface area contributed by atoms with Gasteiger partial charge in [-0.3, -0.25) is 0 Å². The molecule has 0 heterocycles. The van der Waals surface area contributed by atoms with E-state index in [1.165, 1.54) is 5.56 Å². The Balaban J connectivity index is 2.60. The molecule has 0 saturated carbocycles. The first kappa shape index (κ1) is 14.4. The Bertz CT molecular complexity index is 313. The van der Waals surface area contributed by atoms with E-state index in [4.69, 9.17) is 10.5 Å². The Kier molecular flexibility index (Phi) is 6.45. The van der Waals surface area contributed by atoms with Crippen molar-refractivity contribution < 1.29 is 4.74 Å². The predicted octanol–water partition coefficient (Wildman–Crippen LogP) is 3.47. The van der Waals surface area contributed by atoms with Gasteiger partial charge in [0.2, 0.25) is 0 Å². The molecule has 17 heavy (non-hydrogen) atoms. The topological polar surface area (TPSA) is 35.2 Å². The zero-order valence-corrected chi connectivity index (χ0v) is 11.8. The summed E-state index contributed by atoms with van der Waals surface area (Å²) < 4.78 is 5.55. The normalized spacial score (nSPS) is 14.4. The number of hydrogen-bond donors (Lipinski definition) is 1. The minimum Gasteiger partial charge on any atom is -0.494 e. The van der Waals surface area contributed by atoms with Gasteiger partial charge in [0.15, 0.2) is 0 Å². The lowest BCUT2D eigenvalue weighted by Crippen LogP contribution is -2.20. The fourth-order valence-corrected chi connectivity index (χ4v) is 2.43. The van der Waals surface area contributed by atoms with Crippen LogP contribution in [0.3, 0.4) is 0 Å². The lowest BCUT2D eigenvalue weighted by atomic mass is 9.97. The molecule has 0 saturated heterocycles. The minimum absolute atomic E-state index is 0.114. The second-order valence-electron chi connectivity index (χ2n) is 4.38. The van der Waals surface area contributed by atoms with Gasteiger partial charge in [0, 0.05) is 6.04 Å². The third kappa shape index (κ3) is 4.60. The number of benzene rings is 1. The van der Waals surface area contributed by atoms with Crippen LogP contribution in [0.2, 0.25) is 0 Å². The summed E-state index contributed by atoms with van der Waals surface area (Å²) in [4.78, 5) is 0. The zero-order valence-electron chi connectivity index (χ0n) is 11.0. The molecular weight excluding hydrogens is 230 g/mol. The van der Waals surface area contributed by atoms with E-state index < -0.39 is 0 Å². The van der Waals surface area contributed by atoms with Crippen LogP contribution in [-0.2, 0) is 0 Å². The Labute approximate surface area is 109 Å². The van der Waals surface area contributed by atoms with Gasteiger partial charge in [0.05, 0.1) is 6.61 Å². The summed E-state index contributed by atoms with van der Waals surface area (Å²) in [6, 6.07) is 8.29. The summed E-state index contributed by atoms with van der Waals surface area (Å²) in [5, 5.41) is 0. The maximum Gasteiger partial charge on any atom is 0.119 e. The maximum absolute atomic E-state index is 6.22. The highest BCUT2D eigenvalue weighted by Crippen LogP contribution is 2.23. The first-order valence-electron chi connectivity index (χ1n) is 6.16. The van der Waals surface area contributed by atoms with E-state index in [9.17, 15) is 0 Å². The van der Waals surface area contributed by atoms with Crippen LogP contribution in [0.5, 0.6) is 5.75 Å². The molecule has 0 bridgehead atoms. The molecule has 2 atom stereocenters. The molecule has 0 fully saturated rings. The second kappa shape index (κ2) is 7.62. The molecule has 2 nitrogen and oxygen atoms in total. The van der Waals surface area contributed by atoms with Crippen molar-refractivity contribution in [3.05, 3.63) is 29.8 Å². The molecule has 0 aliphatic rings. The van der Waals surface area contributed by atoms with Gasteiger partial charge in [0.25, 0.3) is 0 Å². The van der Waals surface area contributed by atoms with Crippen LogP contribution in [0.4, 0.5) is 0 Å². The van der Waals surface area contributed by atoms with Gasteiger partial charge in [-0.05, 0) is 42.0 Å². The third-order valence-electron chi connectivity index (χ3n) is 2.78. The van der Waals surface area contributed by atoms with Crippen molar-refractivity contribution in [2.45, 2.75) is 26.3 Å². The molecule has 0 radical (unpaired) electrons. The van der Waals surface area contributed by atoms with Gasteiger partial charge < -0.3 is 10.5 Å². The summed E-state index contributed by atoms with van der Waals surface area (Å²) in [6.07, 6.45) is 3.15. The Morgan fingerprint density at radius 3 is 2.47 bits per heavy atom. The van der Waals surface area contributed by atoms with E-state index >= 15 is 0 Å². The van der Waals surface area contributed by atoms with Gasteiger partial charge >= 0.3 is 0 Å². The smallest absolute Gasteiger partial charge is 0.119 e. The lowest BCUT2D eigenvalue weighted by molar-refractivity contribution is 0.317. The third-order valence-corrected chi connectivity index (χ3v) is 3.64. The molecule has 2 unspecified atom stereocenters. The van der Waals surface area contributed by atoms with Crippen molar-refractivity contribution in [3.8, 4) is 5.75 Å². The van der Waals surface area contributed by atoms with E-state index in [-0.39, 0.29) is 6.04 Å². The quantitative estimate of drug-likeness (QED) is 0.808. The summed E-state index contributed by atoms with van der Waals surface area (Å²) in [7, 11) is 0. The highest BCUT2D eigenvalue weighted by atomic mass is 32.2. The van der Waals surface area contributed by atoms with Crippen LogP contribution in [0.25, 0.3) is 0 Å². The number of hydrogen-bond acceptors (Lipinski definition) is 3. The number of rotatable bonds is 7. The standard InChI is InChI=1S/C14H23NOS/c1-4-9-16-13-7-5-12(6-8-13)14(15)11(2)10-17-3/h5-8,11,14H,4,9-10,15H2,1-3H3. The average molecular weight is 253 g/mol. The highest BCUT2D eigenvalue weighted by molar-refractivity contribution is 7.98. The minimum atomic E-state index is 0.114. The van der Waals surface area contributed by atoms with E-state index in [0.717, 1.165) is 24.5 Å². The van der Waals surface area contributed by atoms with Gasteiger partial charge in [-0.2, -0.15) is 11.8 Å². The lowest BCUT2D eigenvalue weighted by Gasteiger charge is -2.19. The van der Waals surface area contributed by atoms with E-state index in [1.54, 1.807) is 0 Å². The number of thioether (sulfide) groups is 1. The Hall–Kier alpha value is -0.670. The molecule has 3 heteroatoms. The van der Waals surface area contributed by atoms with Crippen LogP contribution in [0.1, 0.15) is 31.9 Å². The molecular formula is C14H23NOS. The molecule has 1 aromatic carbocycles. The zero-order chi connectivity index (χ0) is 12.7. The summed E-state index contributed by atoms with van der Waals surface area (Å²) in [5.41, 5.74) is 7.41. The van der Waals surface area contributed by atoms with Crippen molar-refractivity contribution >= 4 is 11.8 Å². The van der Waals surface area contributed by atoms with Crippen molar-refractivity contribution in [1.82, 2.24) is 0 Å². The summed E-state index contributed by atoms with van der Waals surface area (Å²) in [5.74, 6) is 2.52. The maximum atomic E-state index is 6.22. The second-order valence-corrected chi connectivity index (χ2v) is 5.29. The van der Waals surface area contributed by atoms with Crippen LogP contribution in [0, 0.1) is 5.92 Å². The number of ether oxygens (including phenoxy) is 1. The largest absolute Gasteiger partial charge is 0.494 e. The summed E-state index contributed by atoms with van der Waals surface area (Å²) >= 11 is 1.84. The highest BCUT2D eigenvalue weighted by Gasteiger charge is 2.14. The first-order valence-corrected chi connectivity index (χ1v) is 7.55. The van der Waals surface area contributed by atoms with Crippen molar-refractivity contribution in [2.75, 3.05) is 18.6 Å². The monoisotopic (exact) mass is 253 g/mol. The molecule has 2 N–H and O–H groups in total. The van der Waals surface area contributed by atoms with Crippen LogP contribution in [-0.4, -0.2) is 18.6 Å². The van der Waals surface area contributed by atoms with Crippen LogP contribution >= 0.6 is 11.8 Å².